The number of rotatable bonds is 6. The van der Waals surface area contributed by atoms with Crippen LogP contribution in [0.25, 0.3) is 0 Å². The Bertz CT molecular complexity index is 126. The number of hydrogen-bond donors (Lipinski definition) is 2. The second-order valence-electron chi connectivity index (χ2n) is 2.54. The lowest BCUT2D eigenvalue weighted by Crippen LogP contribution is -2.37. The van der Waals surface area contributed by atoms with Crippen molar-refractivity contribution in [3.05, 3.63) is 0 Å². The topological polar surface area (TPSA) is 38.3 Å². The maximum absolute atomic E-state index is 11.1. The van der Waals surface area contributed by atoms with E-state index in [0.29, 0.717) is 12.4 Å². The Morgan fingerprint density at radius 2 is 2.33 bits per heavy atom. The number of carbonyl (C=O) groups excluding carboxylic acids is 1. The van der Waals surface area contributed by atoms with Crippen LogP contribution < -0.4 is 5.32 Å². The van der Waals surface area contributed by atoms with E-state index in [2.05, 4.69) is 24.9 Å². The Hall–Kier alpha value is -0.220. The van der Waals surface area contributed by atoms with Crippen molar-refractivity contribution in [1.29, 1.82) is 0 Å². The first-order chi connectivity index (χ1) is 5.76. The molecule has 12 heavy (non-hydrogen) atoms. The summed E-state index contributed by atoms with van der Waals surface area (Å²) in [6.45, 7) is 2.57. The standard InChI is InChI=1S/C8H17NO2S/c1-3-4-5-11-8(10)7(6-12)9-2/h7,9,12H,3-6H2,1-2H3/t7-/m1/s1. The highest BCUT2D eigenvalue weighted by Gasteiger charge is 2.14. The van der Waals surface area contributed by atoms with Crippen LogP contribution >= 0.6 is 12.6 Å². The first-order valence-electron chi connectivity index (χ1n) is 4.21. The lowest BCUT2D eigenvalue weighted by Gasteiger charge is -2.11. The van der Waals surface area contributed by atoms with Gasteiger partial charge in [-0.3, -0.25) is 4.79 Å². The summed E-state index contributed by atoms with van der Waals surface area (Å²) in [5.74, 6) is 0.266. The molecule has 0 rings (SSSR count). The van der Waals surface area contributed by atoms with Crippen LogP contribution in [0.15, 0.2) is 0 Å². The molecular weight excluding hydrogens is 174 g/mol. The van der Waals surface area contributed by atoms with Gasteiger partial charge in [-0.25, -0.2) is 0 Å². The predicted octanol–water partition coefficient (Wildman–Crippen LogP) is 0.848. The Morgan fingerprint density at radius 3 is 2.75 bits per heavy atom. The molecule has 0 fully saturated rings. The average molecular weight is 191 g/mol. The predicted molar refractivity (Wildman–Crippen MR) is 52.6 cm³/mol. The SMILES string of the molecule is CCCCOC(=O)[C@@H](CS)NC. The molecular formula is C8H17NO2S. The molecule has 1 N–H and O–H groups in total. The summed E-state index contributed by atoms with van der Waals surface area (Å²) in [7, 11) is 1.72. The van der Waals surface area contributed by atoms with E-state index in [9.17, 15) is 4.79 Å². The quantitative estimate of drug-likeness (QED) is 0.371. The van der Waals surface area contributed by atoms with Crippen LogP contribution in [0.2, 0.25) is 0 Å². The summed E-state index contributed by atoms with van der Waals surface area (Å²) >= 11 is 4.02. The maximum Gasteiger partial charge on any atom is 0.323 e. The van der Waals surface area contributed by atoms with E-state index in [-0.39, 0.29) is 12.0 Å². The third-order valence-corrected chi connectivity index (χ3v) is 1.92. The number of unbranched alkanes of at least 4 members (excludes halogenated alkanes) is 1. The zero-order valence-electron chi connectivity index (χ0n) is 7.67. The summed E-state index contributed by atoms with van der Waals surface area (Å²) in [5, 5.41) is 2.83. The van der Waals surface area contributed by atoms with E-state index in [1.165, 1.54) is 0 Å². The van der Waals surface area contributed by atoms with Crippen LogP contribution in [-0.4, -0.2) is 31.4 Å². The van der Waals surface area contributed by atoms with Gasteiger partial charge in [0, 0.05) is 5.75 Å². The van der Waals surface area contributed by atoms with Crippen LogP contribution in [0.4, 0.5) is 0 Å². The number of likely N-dealkylation sites (N-methyl/N-ethyl adjacent to an activating group) is 1. The third-order valence-electron chi connectivity index (χ3n) is 1.56. The monoisotopic (exact) mass is 191 g/mol. The van der Waals surface area contributed by atoms with E-state index in [4.69, 9.17) is 4.74 Å². The molecule has 0 bridgehead atoms. The van der Waals surface area contributed by atoms with Gasteiger partial charge in [-0.1, -0.05) is 13.3 Å². The summed E-state index contributed by atoms with van der Waals surface area (Å²) in [6, 6.07) is -0.273. The molecule has 0 aliphatic carbocycles. The van der Waals surface area contributed by atoms with Crippen molar-refractivity contribution in [2.75, 3.05) is 19.4 Å². The van der Waals surface area contributed by atoms with E-state index >= 15 is 0 Å². The van der Waals surface area contributed by atoms with E-state index in [1.54, 1.807) is 7.05 Å². The Kier molecular flexibility index (Phi) is 7.29. The molecule has 4 heteroatoms. The summed E-state index contributed by atoms with van der Waals surface area (Å²) in [6.07, 6.45) is 1.97. The highest BCUT2D eigenvalue weighted by molar-refractivity contribution is 7.80. The lowest BCUT2D eigenvalue weighted by molar-refractivity contribution is -0.145. The number of ether oxygens (including phenoxy) is 1. The van der Waals surface area contributed by atoms with Gasteiger partial charge in [-0.05, 0) is 13.5 Å². The first-order valence-corrected chi connectivity index (χ1v) is 4.84. The number of hydrogen-bond acceptors (Lipinski definition) is 4. The van der Waals surface area contributed by atoms with Gasteiger partial charge in [0.1, 0.15) is 6.04 Å². The number of nitrogens with one attached hydrogen (secondary N) is 1. The molecule has 0 aromatic rings. The van der Waals surface area contributed by atoms with Gasteiger partial charge in [0.05, 0.1) is 6.61 Å². The van der Waals surface area contributed by atoms with Gasteiger partial charge in [0.2, 0.25) is 0 Å². The minimum absolute atomic E-state index is 0.207. The molecule has 3 nitrogen and oxygen atoms in total. The van der Waals surface area contributed by atoms with Gasteiger partial charge < -0.3 is 10.1 Å². The molecule has 0 spiro atoms. The summed E-state index contributed by atoms with van der Waals surface area (Å²) < 4.78 is 4.98. The van der Waals surface area contributed by atoms with Crippen LogP contribution in [-0.2, 0) is 9.53 Å². The number of carbonyl (C=O) groups is 1. The summed E-state index contributed by atoms with van der Waals surface area (Å²) in [5.41, 5.74) is 0. The van der Waals surface area contributed by atoms with E-state index in [1.807, 2.05) is 0 Å². The zero-order valence-corrected chi connectivity index (χ0v) is 8.56. The fourth-order valence-corrected chi connectivity index (χ4v) is 1.03. The van der Waals surface area contributed by atoms with Crippen molar-refractivity contribution in [2.45, 2.75) is 25.8 Å². The molecule has 72 valence electrons. The van der Waals surface area contributed by atoms with Crippen LogP contribution in [0.5, 0.6) is 0 Å². The minimum Gasteiger partial charge on any atom is -0.465 e. The van der Waals surface area contributed by atoms with Crippen LogP contribution in [0.1, 0.15) is 19.8 Å². The lowest BCUT2D eigenvalue weighted by atomic mass is 10.3. The van der Waals surface area contributed by atoms with Gasteiger partial charge in [-0.15, -0.1) is 0 Å². The smallest absolute Gasteiger partial charge is 0.323 e. The maximum atomic E-state index is 11.1. The molecule has 0 aromatic heterocycles. The molecule has 0 amide bonds. The number of esters is 1. The van der Waals surface area contributed by atoms with Crippen molar-refractivity contribution in [1.82, 2.24) is 5.32 Å². The Balaban J connectivity index is 3.54. The minimum atomic E-state index is -0.273. The molecule has 0 aliphatic heterocycles. The van der Waals surface area contributed by atoms with Gasteiger partial charge in [0.15, 0.2) is 0 Å². The fraction of sp³-hybridized carbons (Fsp3) is 0.875. The molecule has 0 radical (unpaired) electrons. The third kappa shape index (κ3) is 4.62. The van der Waals surface area contributed by atoms with Crippen molar-refractivity contribution in [3.8, 4) is 0 Å². The molecule has 0 saturated heterocycles. The highest BCUT2D eigenvalue weighted by Crippen LogP contribution is 1.94. The molecule has 1 atom stereocenters. The molecule has 0 saturated carbocycles. The van der Waals surface area contributed by atoms with Gasteiger partial charge in [-0.2, -0.15) is 12.6 Å². The fourth-order valence-electron chi connectivity index (χ4n) is 0.701. The Morgan fingerprint density at radius 1 is 1.67 bits per heavy atom. The van der Waals surface area contributed by atoms with Crippen LogP contribution in [0, 0.1) is 0 Å². The van der Waals surface area contributed by atoms with Crippen molar-refractivity contribution < 1.29 is 9.53 Å². The van der Waals surface area contributed by atoms with Crippen molar-refractivity contribution in [2.24, 2.45) is 0 Å². The summed E-state index contributed by atoms with van der Waals surface area (Å²) in [4.78, 5) is 11.1. The first kappa shape index (κ1) is 11.8. The number of thiol groups is 1. The van der Waals surface area contributed by atoms with Crippen molar-refractivity contribution >= 4 is 18.6 Å². The molecule has 0 aliphatic rings. The van der Waals surface area contributed by atoms with Gasteiger partial charge >= 0.3 is 5.97 Å². The van der Waals surface area contributed by atoms with Gasteiger partial charge in [0.25, 0.3) is 0 Å². The second kappa shape index (κ2) is 7.43. The molecule has 0 unspecified atom stereocenters. The largest absolute Gasteiger partial charge is 0.465 e. The molecule has 0 aromatic carbocycles. The average Bonchev–Trinajstić information content (AvgIpc) is 2.07. The van der Waals surface area contributed by atoms with E-state index in [0.717, 1.165) is 12.8 Å². The Labute approximate surface area is 79.3 Å². The van der Waals surface area contributed by atoms with Crippen molar-refractivity contribution in [3.63, 3.8) is 0 Å². The highest BCUT2D eigenvalue weighted by atomic mass is 32.1. The zero-order chi connectivity index (χ0) is 9.40. The second-order valence-corrected chi connectivity index (χ2v) is 2.91. The van der Waals surface area contributed by atoms with Crippen LogP contribution in [0.3, 0.4) is 0 Å². The molecule has 0 heterocycles. The van der Waals surface area contributed by atoms with E-state index < -0.39 is 0 Å². The normalized spacial score (nSPS) is 12.6.